The Morgan fingerprint density at radius 1 is 1.30 bits per heavy atom. The normalized spacial score (nSPS) is 24.0. The topological polar surface area (TPSA) is 29.9 Å². The van der Waals surface area contributed by atoms with Gasteiger partial charge >= 0.3 is 6.18 Å². The molecule has 0 aromatic carbocycles. The summed E-state index contributed by atoms with van der Waals surface area (Å²) in [6, 6.07) is 2.16. The van der Waals surface area contributed by atoms with E-state index in [0.29, 0.717) is 19.4 Å². The lowest BCUT2D eigenvalue weighted by molar-refractivity contribution is -0.182. The fourth-order valence-electron chi connectivity index (χ4n) is 2.80. The molecule has 0 aliphatic heterocycles. The summed E-state index contributed by atoms with van der Waals surface area (Å²) in [5.41, 5.74) is 1.10. The van der Waals surface area contributed by atoms with E-state index in [-0.39, 0.29) is 18.9 Å². The average Bonchev–Trinajstić information content (AvgIpc) is 2.84. The molecule has 20 heavy (non-hydrogen) atoms. The largest absolute Gasteiger partial charge is 0.391 e. The Kier molecular flexibility index (Phi) is 5.07. The summed E-state index contributed by atoms with van der Waals surface area (Å²) < 4.78 is 39.7. The number of nitrogens with zero attached hydrogens (tertiary/aromatic N) is 2. The maximum atomic E-state index is 12.6. The third-order valence-corrected chi connectivity index (χ3v) is 4.00. The zero-order valence-electron chi connectivity index (χ0n) is 11.8. The molecular formula is C14H22F3N3. The third kappa shape index (κ3) is 3.98. The highest BCUT2D eigenvalue weighted by Gasteiger charge is 2.41. The minimum absolute atomic E-state index is 0.193. The van der Waals surface area contributed by atoms with E-state index in [1.807, 2.05) is 10.7 Å². The summed E-state index contributed by atoms with van der Waals surface area (Å²) >= 11 is 0. The number of alkyl halides is 3. The Hall–Kier alpha value is -1.04. The van der Waals surface area contributed by atoms with Crippen LogP contribution in [0.3, 0.4) is 0 Å². The van der Waals surface area contributed by atoms with Gasteiger partial charge < -0.3 is 5.32 Å². The molecule has 1 aromatic rings. The Labute approximate surface area is 117 Å². The van der Waals surface area contributed by atoms with Gasteiger partial charge in [0.25, 0.3) is 0 Å². The van der Waals surface area contributed by atoms with Crippen LogP contribution in [0, 0.1) is 5.92 Å². The molecule has 0 saturated heterocycles. The van der Waals surface area contributed by atoms with Crippen molar-refractivity contribution in [3.05, 3.63) is 18.0 Å². The van der Waals surface area contributed by atoms with E-state index in [9.17, 15) is 13.2 Å². The highest BCUT2D eigenvalue weighted by Crippen LogP contribution is 2.37. The maximum Gasteiger partial charge on any atom is 0.391 e. The maximum absolute atomic E-state index is 12.6. The van der Waals surface area contributed by atoms with E-state index < -0.39 is 12.1 Å². The first kappa shape index (κ1) is 15.4. The Bertz CT molecular complexity index is 406. The lowest BCUT2D eigenvalue weighted by Crippen LogP contribution is -2.37. The van der Waals surface area contributed by atoms with Gasteiger partial charge in [-0.25, -0.2) is 0 Å². The number of aromatic nitrogens is 2. The van der Waals surface area contributed by atoms with E-state index in [4.69, 9.17) is 0 Å². The lowest BCUT2D eigenvalue weighted by atomic mass is 9.85. The van der Waals surface area contributed by atoms with Crippen molar-refractivity contribution in [3.63, 3.8) is 0 Å². The molecule has 1 aliphatic rings. The Morgan fingerprint density at radius 3 is 2.60 bits per heavy atom. The second-order valence-electron chi connectivity index (χ2n) is 5.52. The molecular weight excluding hydrogens is 267 g/mol. The second-order valence-corrected chi connectivity index (χ2v) is 5.52. The molecule has 0 unspecified atom stereocenters. The van der Waals surface area contributed by atoms with Gasteiger partial charge in [0.15, 0.2) is 0 Å². The van der Waals surface area contributed by atoms with Crippen LogP contribution in [-0.4, -0.2) is 22.0 Å². The van der Waals surface area contributed by atoms with Crippen molar-refractivity contribution in [1.82, 2.24) is 15.1 Å². The van der Waals surface area contributed by atoms with Crippen LogP contribution in [0.1, 0.15) is 44.7 Å². The van der Waals surface area contributed by atoms with E-state index in [1.165, 1.54) is 0 Å². The van der Waals surface area contributed by atoms with Crippen molar-refractivity contribution in [2.45, 2.75) is 64.3 Å². The average molecular weight is 289 g/mol. The van der Waals surface area contributed by atoms with Gasteiger partial charge in [-0.3, -0.25) is 4.68 Å². The minimum atomic E-state index is -4.02. The Balaban J connectivity index is 1.77. The summed E-state index contributed by atoms with van der Waals surface area (Å²) in [6.07, 6.45) is 0.465. The van der Waals surface area contributed by atoms with Crippen molar-refractivity contribution in [1.29, 1.82) is 0 Å². The molecule has 0 radical (unpaired) electrons. The van der Waals surface area contributed by atoms with Crippen LogP contribution in [0.25, 0.3) is 0 Å². The van der Waals surface area contributed by atoms with Crippen molar-refractivity contribution in [2.24, 2.45) is 5.92 Å². The highest BCUT2D eigenvalue weighted by molar-refractivity contribution is 5.00. The molecule has 3 nitrogen and oxygen atoms in total. The van der Waals surface area contributed by atoms with E-state index in [1.54, 1.807) is 6.20 Å². The molecule has 0 atom stereocenters. The van der Waals surface area contributed by atoms with Gasteiger partial charge in [-0.1, -0.05) is 6.92 Å². The zero-order chi connectivity index (χ0) is 14.6. The zero-order valence-corrected chi connectivity index (χ0v) is 11.8. The van der Waals surface area contributed by atoms with Crippen LogP contribution in [0.4, 0.5) is 13.2 Å². The number of halogens is 3. The van der Waals surface area contributed by atoms with E-state index in [2.05, 4.69) is 17.3 Å². The summed E-state index contributed by atoms with van der Waals surface area (Å²) in [6.45, 7) is 3.66. The van der Waals surface area contributed by atoms with E-state index >= 15 is 0 Å². The van der Waals surface area contributed by atoms with Gasteiger partial charge in [-0.15, -0.1) is 0 Å². The SMILES string of the molecule is CCCn1nccc1CNC1CCC(C(F)(F)F)CC1. The van der Waals surface area contributed by atoms with Crippen molar-refractivity contribution >= 4 is 0 Å². The molecule has 1 heterocycles. The quantitative estimate of drug-likeness (QED) is 0.899. The molecule has 0 amide bonds. The molecule has 1 N–H and O–H groups in total. The van der Waals surface area contributed by atoms with Gasteiger partial charge in [-0.05, 0) is 38.2 Å². The molecule has 1 saturated carbocycles. The van der Waals surface area contributed by atoms with Gasteiger partial charge in [-0.2, -0.15) is 18.3 Å². The number of nitrogens with one attached hydrogen (secondary N) is 1. The molecule has 0 bridgehead atoms. The monoisotopic (exact) mass is 289 g/mol. The fraction of sp³-hybridized carbons (Fsp3) is 0.786. The van der Waals surface area contributed by atoms with Crippen molar-refractivity contribution < 1.29 is 13.2 Å². The molecule has 6 heteroatoms. The molecule has 1 aliphatic carbocycles. The predicted octanol–water partition coefficient (Wildman–Crippen LogP) is 3.50. The molecule has 0 spiro atoms. The van der Waals surface area contributed by atoms with Crippen molar-refractivity contribution in [2.75, 3.05) is 0 Å². The van der Waals surface area contributed by atoms with Gasteiger partial charge in [0, 0.05) is 25.3 Å². The summed E-state index contributed by atoms with van der Waals surface area (Å²) in [5.74, 6) is -1.11. The van der Waals surface area contributed by atoms with Crippen LogP contribution >= 0.6 is 0 Å². The highest BCUT2D eigenvalue weighted by atomic mass is 19.4. The van der Waals surface area contributed by atoms with E-state index in [0.717, 1.165) is 18.7 Å². The first-order valence-corrected chi connectivity index (χ1v) is 7.31. The first-order valence-electron chi connectivity index (χ1n) is 7.31. The Morgan fingerprint density at radius 2 is 2.00 bits per heavy atom. The standard InChI is InChI=1S/C14H22F3N3/c1-2-9-20-13(7-8-19-20)10-18-12-5-3-11(4-6-12)14(15,16)17/h7-8,11-12,18H,2-6,9-10H2,1H3. The molecule has 114 valence electrons. The molecule has 1 fully saturated rings. The second kappa shape index (κ2) is 6.61. The first-order chi connectivity index (χ1) is 9.50. The summed E-state index contributed by atoms with van der Waals surface area (Å²) in [4.78, 5) is 0. The van der Waals surface area contributed by atoms with Gasteiger partial charge in [0.1, 0.15) is 0 Å². The lowest BCUT2D eigenvalue weighted by Gasteiger charge is -2.30. The van der Waals surface area contributed by atoms with Crippen LogP contribution in [0.5, 0.6) is 0 Å². The summed E-state index contributed by atoms with van der Waals surface area (Å²) in [5, 5.41) is 7.61. The van der Waals surface area contributed by atoms with Gasteiger partial charge in [0.2, 0.25) is 0 Å². The fourth-order valence-corrected chi connectivity index (χ4v) is 2.80. The minimum Gasteiger partial charge on any atom is -0.308 e. The smallest absolute Gasteiger partial charge is 0.308 e. The van der Waals surface area contributed by atoms with Crippen LogP contribution in [-0.2, 0) is 13.1 Å². The third-order valence-electron chi connectivity index (χ3n) is 4.00. The molecule has 1 aromatic heterocycles. The number of hydrogen-bond acceptors (Lipinski definition) is 2. The van der Waals surface area contributed by atoms with Crippen molar-refractivity contribution in [3.8, 4) is 0 Å². The number of aryl methyl sites for hydroxylation is 1. The number of rotatable bonds is 5. The number of hydrogen-bond donors (Lipinski definition) is 1. The van der Waals surface area contributed by atoms with Crippen LogP contribution < -0.4 is 5.32 Å². The predicted molar refractivity (Wildman–Crippen MR) is 71.2 cm³/mol. The van der Waals surface area contributed by atoms with Crippen LogP contribution in [0.2, 0.25) is 0 Å². The van der Waals surface area contributed by atoms with Crippen LogP contribution in [0.15, 0.2) is 12.3 Å². The molecule has 2 rings (SSSR count). The summed E-state index contributed by atoms with van der Waals surface area (Å²) in [7, 11) is 0. The van der Waals surface area contributed by atoms with Gasteiger partial charge in [0.05, 0.1) is 11.6 Å².